The topological polar surface area (TPSA) is 58.6 Å². The lowest BCUT2D eigenvalue weighted by molar-refractivity contribution is -0.143. The molecule has 0 heterocycles. The fourth-order valence-electron chi connectivity index (χ4n) is 3.13. The zero-order chi connectivity index (χ0) is 22.8. The standard InChI is InChI=1S/C24H30Cl2N2O3/c1-4-6-13-27-24(30)21(5-2)28(15-18-9-7-17(3)8-10-18)23(29)16-31-22-12-11-19(25)14-20(22)26/h7-12,14,21H,4-6,13,15-16H2,1-3H3,(H,27,30)/t21-/m1/s1. The molecule has 2 amide bonds. The average molecular weight is 465 g/mol. The average Bonchev–Trinajstić information content (AvgIpc) is 2.74. The maximum Gasteiger partial charge on any atom is 0.261 e. The summed E-state index contributed by atoms with van der Waals surface area (Å²) in [5, 5.41) is 3.76. The Balaban J connectivity index is 2.18. The summed E-state index contributed by atoms with van der Waals surface area (Å²) in [7, 11) is 0. The van der Waals surface area contributed by atoms with Gasteiger partial charge in [-0.25, -0.2) is 0 Å². The number of amides is 2. The number of carbonyl (C=O) groups excluding carboxylic acids is 2. The first-order valence-electron chi connectivity index (χ1n) is 10.6. The van der Waals surface area contributed by atoms with Gasteiger partial charge in [0.1, 0.15) is 11.8 Å². The Morgan fingerprint density at radius 2 is 1.81 bits per heavy atom. The van der Waals surface area contributed by atoms with Gasteiger partial charge in [0.2, 0.25) is 5.91 Å². The lowest BCUT2D eigenvalue weighted by atomic mass is 10.1. The molecule has 0 spiro atoms. The van der Waals surface area contributed by atoms with Gasteiger partial charge in [-0.05, 0) is 43.5 Å². The van der Waals surface area contributed by atoms with Gasteiger partial charge < -0.3 is 15.0 Å². The maximum atomic E-state index is 13.2. The van der Waals surface area contributed by atoms with Crippen LogP contribution in [0.5, 0.6) is 5.75 Å². The second-order valence-corrected chi connectivity index (χ2v) is 8.28. The van der Waals surface area contributed by atoms with E-state index in [1.54, 1.807) is 23.1 Å². The molecule has 0 saturated carbocycles. The predicted molar refractivity (Wildman–Crippen MR) is 126 cm³/mol. The summed E-state index contributed by atoms with van der Waals surface area (Å²) in [6.45, 7) is 6.65. The van der Waals surface area contributed by atoms with Gasteiger partial charge in [-0.3, -0.25) is 9.59 Å². The third kappa shape index (κ3) is 7.75. The molecule has 0 radical (unpaired) electrons. The zero-order valence-corrected chi connectivity index (χ0v) is 19.8. The van der Waals surface area contributed by atoms with Crippen LogP contribution in [0.4, 0.5) is 0 Å². The van der Waals surface area contributed by atoms with Crippen LogP contribution in [0, 0.1) is 6.92 Å². The van der Waals surface area contributed by atoms with E-state index in [9.17, 15) is 9.59 Å². The lowest BCUT2D eigenvalue weighted by Crippen LogP contribution is -2.50. The first kappa shape index (κ1) is 25.0. The number of nitrogens with zero attached hydrogens (tertiary/aromatic N) is 1. The molecule has 2 rings (SSSR count). The monoisotopic (exact) mass is 464 g/mol. The van der Waals surface area contributed by atoms with Crippen molar-refractivity contribution in [2.24, 2.45) is 0 Å². The number of rotatable bonds is 11. The molecule has 0 aromatic heterocycles. The molecular weight excluding hydrogens is 435 g/mol. The molecule has 168 valence electrons. The van der Waals surface area contributed by atoms with Crippen LogP contribution >= 0.6 is 23.2 Å². The highest BCUT2D eigenvalue weighted by Crippen LogP contribution is 2.27. The molecule has 2 aromatic carbocycles. The first-order chi connectivity index (χ1) is 14.8. The molecule has 2 aromatic rings. The minimum Gasteiger partial charge on any atom is -0.482 e. The number of aryl methyl sites for hydroxylation is 1. The summed E-state index contributed by atoms with van der Waals surface area (Å²) in [4.78, 5) is 27.6. The molecule has 5 nitrogen and oxygen atoms in total. The van der Waals surface area contributed by atoms with E-state index >= 15 is 0 Å². The van der Waals surface area contributed by atoms with Crippen molar-refractivity contribution in [3.05, 3.63) is 63.6 Å². The van der Waals surface area contributed by atoms with Crippen LogP contribution in [0.1, 0.15) is 44.2 Å². The third-order valence-corrected chi connectivity index (χ3v) is 5.46. The van der Waals surface area contributed by atoms with Crippen LogP contribution in [-0.4, -0.2) is 35.9 Å². The van der Waals surface area contributed by atoms with Gasteiger partial charge in [0, 0.05) is 18.1 Å². The van der Waals surface area contributed by atoms with Gasteiger partial charge in [-0.15, -0.1) is 0 Å². The third-order valence-electron chi connectivity index (χ3n) is 4.93. The predicted octanol–water partition coefficient (Wildman–Crippen LogP) is 5.40. The number of nitrogens with one attached hydrogen (secondary N) is 1. The van der Waals surface area contributed by atoms with Crippen LogP contribution < -0.4 is 10.1 Å². The normalized spacial score (nSPS) is 11.6. The Morgan fingerprint density at radius 1 is 1.10 bits per heavy atom. The Morgan fingerprint density at radius 3 is 2.42 bits per heavy atom. The van der Waals surface area contributed by atoms with Gasteiger partial charge in [0.15, 0.2) is 6.61 Å². The van der Waals surface area contributed by atoms with Crippen LogP contribution in [0.25, 0.3) is 0 Å². The van der Waals surface area contributed by atoms with E-state index in [2.05, 4.69) is 12.2 Å². The summed E-state index contributed by atoms with van der Waals surface area (Å²) < 4.78 is 5.65. The summed E-state index contributed by atoms with van der Waals surface area (Å²) in [5.74, 6) is -0.0693. The van der Waals surface area contributed by atoms with E-state index in [4.69, 9.17) is 27.9 Å². The van der Waals surface area contributed by atoms with E-state index in [0.29, 0.717) is 35.3 Å². The van der Waals surface area contributed by atoms with E-state index < -0.39 is 6.04 Å². The molecule has 0 bridgehead atoms. The number of hydrogen-bond donors (Lipinski definition) is 1. The van der Waals surface area contributed by atoms with E-state index in [1.165, 1.54) is 0 Å². The molecule has 7 heteroatoms. The number of unbranched alkanes of at least 4 members (excludes halogenated alkanes) is 1. The van der Waals surface area contributed by atoms with Gasteiger partial charge >= 0.3 is 0 Å². The Bertz CT molecular complexity index is 872. The summed E-state index contributed by atoms with van der Waals surface area (Å²) in [6.07, 6.45) is 2.38. The Labute approximate surface area is 194 Å². The molecule has 1 atom stereocenters. The second-order valence-electron chi connectivity index (χ2n) is 7.44. The van der Waals surface area contributed by atoms with Crippen molar-refractivity contribution >= 4 is 35.0 Å². The van der Waals surface area contributed by atoms with Crippen molar-refractivity contribution in [1.82, 2.24) is 10.2 Å². The molecule has 31 heavy (non-hydrogen) atoms. The van der Waals surface area contributed by atoms with Crippen LogP contribution in [0.2, 0.25) is 10.0 Å². The lowest BCUT2D eigenvalue weighted by Gasteiger charge is -2.30. The van der Waals surface area contributed by atoms with Gasteiger partial charge in [-0.2, -0.15) is 0 Å². The SMILES string of the molecule is CCCCNC(=O)[C@@H](CC)N(Cc1ccc(C)cc1)C(=O)COc1ccc(Cl)cc1Cl. The fourth-order valence-corrected chi connectivity index (χ4v) is 3.59. The minimum absolute atomic E-state index is 0.152. The van der Waals surface area contributed by atoms with Crippen molar-refractivity contribution in [2.75, 3.05) is 13.2 Å². The van der Waals surface area contributed by atoms with Crippen LogP contribution in [0.3, 0.4) is 0 Å². The summed E-state index contributed by atoms with van der Waals surface area (Å²) >= 11 is 12.1. The minimum atomic E-state index is -0.588. The van der Waals surface area contributed by atoms with Crippen molar-refractivity contribution in [1.29, 1.82) is 0 Å². The molecule has 1 N–H and O–H groups in total. The smallest absolute Gasteiger partial charge is 0.261 e. The number of halogens is 2. The highest BCUT2D eigenvalue weighted by atomic mass is 35.5. The van der Waals surface area contributed by atoms with Crippen molar-refractivity contribution < 1.29 is 14.3 Å². The molecule has 0 fully saturated rings. The molecule has 0 saturated heterocycles. The maximum absolute atomic E-state index is 13.2. The fraction of sp³-hybridized carbons (Fsp3) is 0.417. The van der Waals surface area contributed by atoms with Gasteiger partial charge in [0.05, 0.1) is 5.02 Å². The molecule has 0 aliphatic carbocycles. The molecule has 0 aliphatic heterocycles. The van der Waals surface area contributed by atoms with E-state index in [1.807, 2.05) is 38.1 Å². The zero-order valence-electron chi connectivity index (χ0n) is 18.3. The van der Waals surface area contributed by atoms with E-state index in [0.717, 1.165) is 24.0 Å². The first-order valence-corrected chi connectivity index (χ1v) is 11.3. The highest BCUT2D eigenvalue weighted by molar-refractivity contribution is 6.35. The molecule has 0 aliphatic rings. The van der Waals surface area contributed by atoms with Crippen LogP contribution in [0.15, 0.2) is 42.5 Å². The number of hydrogen-bond acceptors (Lipinski definition) is 3. The number of ether oxygens (including phenoxy) is 1. The van der Waals surface area contributed by atoms with E-state index in [-0.39, 0.29) is 18.4 Å². The Hall–Kier alpha value is -2.24. The number of benzene rings is 2. The van der Waals surface area contributed by atoms with Crippen molar-refractivity contribution in [2.45, 2.75) is 52.6 Å². The van der Waals surface area contributed by atoms with Crippen molar-refractivity contribution in [3.8, 4) is 5.75 Å². The number of carbonyl (C=O) groups is 2. The Kier molecular flexibility index (Phi) is 10.2. The largest absolute Gasteiger partial charge is 0.482 e. The quantitative estimate of drug-likeness (QED) is 0.452. The highest BCUT2D eigenvalue weighted by Gasteiger charge is 2.28. The van der Waals surface area contributed by atoms with Crippen LogP contribution in [-0.2, 0) is 16.1 Å². The molecule has 0 unspecified atom stereocenters. The molecular formula is C24H30Cl2N2O3. The summed E-state index contributed by atoms with van der Waals surface area (Å²) in [5.41, 5.74) is 2.08. The second kappa shape index (κ2) is 12.6. The summed E-state index contributed by atoms with van der Waals surface area (Å²) in [6, 6.07) is 12.2. The van der Waals surface area contributed by atoms with Crippen molar-refractivity contribution in [3.63, 3.8) is 0 Å². The van der Waals surface area contributed by atoms with Gasteiger partial charge in [-0.1, -0.05) is 73.3 Å². The van der Waals surface area contributed by atoms with Gasteiger partial charge in [0.25, 0.3) is 5.91 Å².